The van der Waals surface area contributed by atoms with Crippen LogP contribution in [0.2, 0.25) is 0 Å². The van der Waals surface area contributed by atoms with E-state index >= 15 is 0 Å². The van der Waals surface area contributed by atoms with Crippen molar-refractivity contribution in [3.05, 3.63) is 76.7 Å². The number of aryl methyl sites for hydroxylation is 3. The molecule has 1 N–H and O–H groups in total. The maximum absolute atomic E-state index is 13.4. The van der Waals surface area contributed by atoms with Crippen molar-refractivity contribution in [3.63, 3.8) is 0 Å². The first-order chi connectivity index (χ1) is 19.9. The van der Waals surface area contributed by atoms with Gasteiger partial charge in [-0.05, 0) is 72.6 Å². The minimum Gasteiger partial charge on any atom is -0.449 e. The zero-order valence-electron chi connectivity index (χ0n) is 25.7. The quantitative estimate of drug-likeness (QED) is 0.185. The molecule has 0 spiro atoms. The molecule has 1 amide bonds. The number of fused-ring (bicyclic) bond motifs is 1. The van der Waals surface area contributed by atoms with Gasteiger partial charge in [-0.3, -0.25) is 0 Å². The normalized spacial score (nSPS) is 12.1. The fraction of sp³-hybridized carbons (Fsp3) is 0.424. The summed E-state index contributed by atoms with van der Waals surface area (Å²) in [4.78, 5) is 21.9. The van der Waals surface area contributed by atoms with E-state index in [0.29, 0.717) is 18.5 Å². The maximum atomic E-state index is 13.4. The predicted octanol–water partition coefficient (Wildman–Crippen LogP) is 7.23. The first-order valence-electron chi connectivity index (χ1n) is 14.7. The summed E-state index contributed by atoms with van der Waals surface area (Å²) in [6.07, 6.45) is 2.19. The van der Waals surface area contributed by atoms with Gasteiger partial charge in [0.2, 0.25) is 0 Å². The van der Waals surface area contributed by atoms with Crippen LogP contribution in [-0.4, -0.2) is 35.7 Å². The van der Waals surface area contributed by atoms with E-state index in [-0.39, 0.29) is 16.9 Å². The van der Waals surface area contributed by atoms with Gasteiger partial charge < -0.3 is 9.30 Å². The number of hydrogen-bond acceptors (Lipinski definition) is 6. The molecule has 0 saturated carbocycles. The number of amides is 1. The number of pyridine rings is 1. The molecule has 0 unspecified atom stereocenters. The second-order valence-corrected chi connectivity index (χ2v) is 13.1. The van der Waals surface area contributed by atoms with Crippen LogP contribution in [0.4, 0.5) is 4.79 Å². The molecule has 9 heteroatoms. The number of sulfonamides is 1. The van der Waals surface area contributed by atoms with Gasteiger partial charge in [0.1, 0.15) is 11.3 Å². The molecule has 4 aromatic rings. The van der Waals surface area contributed by atoms with Crippen molar-refractivity contribution in [2.75, 3.05) is 6.61 Å². The topological polar surface area (TPSA) is 103 Å². The number of nitrogens with zero attached hydrogens (tertiary/aromatic N) is 3. The van der Waals surface area contributed by atoms with Crippen LogP contribution in [-0.2, 0) is 33.1 Å². The molecule has 2 aromatic heterocycles. The molecular weight excluding hydrogens is 548 g/mol. The highest BCUT2D eigenvalue weighted by molar-refractivity contribution is 7.90. The third-order valence-electron chi connectivity index (χ3n) is 7.91. The summed E-state index contributed by atoms with van der Waals surface area (Å²) >= 11 is 0. The van der Waals surface area contributed by atoms with Gasteiger partial charge in [-0.1, -0.05) is 71.4 Å². The molecule has 8 nitrogen and oxygen atoms in total. The summed E-state index contributed by atoms with van der Waals surface area (Å²) in [5, 5.41) is 0. The first kappa shape index (κ1) is 31.2. The van der Waals surface area contributed by atoms with Gasteiger partial charge in [0, 0.05) is 17.7 Å². The number of unbranched alkanes of at least 4 members (excludes halogenated alkanes) is 1. The van der Waals surface area contributed by atoms with Crippen LogP contribution in [0, 0.1) is 13.8 Å². The minimum absolute atomic E-state index is 0.0300. The number of ether oxygens (including phenoxy) is 1. The third kappa shape index (κ3) is 6.67. The summed E-state index contributed by atoms with van der Waals surface area (Å²) in [7, 11) is -4.18. The second kappa shape index (κ2) is 12.7. The molecule has 0 saturated heterocycles. The standard InChI is InChI=1S/C33H42N4O4S/c1-8-11-18-41-32(38)36-42(39,40)28-17-16-26(33(6,7)10-3)20-27(28)25-14-12-24(13-15-25)21-37-29(9-2)35-30-22(4)19-23(5)34-31(30)37/h12-17,19-20H,8-11,18,21H2,1-7H3,(H,36,38). The van der Waals surface area contributed by atoms with Crippen molar-refractivity contribution in [3.8, 4) is 11.1 Å². The van der Waals surface area contributed by atoms with Crippen LogP contribution < -0.4 is 4.72 Å². The number of carbonyl (C=O) groups excluding carboxylic acids is 1. The van der Waals surface area contributed by atoms with Crippen LogP contribution in [0.1, 0.15) is 82.1 Å². The Morgan fingerprint density at radius 3 is 2.36 bits per heavy atom. The highest BCUT2D eigenvalue weighted by atomic mass is 32.2. The monoisotopic (exact) mass is 590 g/mol. The van der Waals surface area contributed by atoms with Gasteiger partial charge in [0.15, 0.2) is 5.65 Å². The lowest BCUT2D eigenvalue weighted by molar-refractivity contribution is 0.151. The Hall–Kier alpha value is -3.72. The molecule has 0 bridgehead atoms. The number of carbonyl (C=O) groups is 1. The van der Waals surface area contributed by atoms with E-state index in [2.05, 4.69) is 43.9 Å². The van der Waals surface area contributed by atoms with Gasteiger partial charge in [0.25, 0.3) is 10.0 Å². The van der Waals surface area contributed by atoms with E-state index in [1.165, 1.54) is 0 Å². The summed E-state index contributed by atoms with van der Waals surface area (Å²) in [6, 6.07) is 15.2. The van der Waals surface area contributed by atoms with Crippen LogP contribution in [0.15, 0.2) is 53.4 Å². The molecule has 2 aromatic carbocycles. The first-order valence-corrected chi connectivity index (χ1v) is 16.1. The third-order valence-corrected chi connectivity index (χ3v) is 9.28. The predicted molar refractivity (Wildman–Crippen MR) is 167 cm³/mol. The Kier molecular flexibility index (Phi) is 9.40. The largest absolute Gasteiger partial charge is 0.449 e. The average Bonchev–Trinajstić information content (AvgIpc) is 3.30. The van der Waals surface area contributed by atoms with Crippen molar-refractivity contribution in [1.29, 1.82) is 0 Å². The average molecular weight is 591 g/mol. The maximum Gasteiger partial charge on any atom is 0.421 e. The summed E-state index contributed by atoms with van der Waals surface area (Å²) in [6.45, 7) is 15.2. The van der Waals surface area contributed by atoms with Gasteiger partial charge in [-0.25, -0.2) is 27.9 Å². The van der Waals surface area contributed by atoms with Crippen LogP contribution in [0.3, 0.4) is 0 Å². The van der Waals surface area contributed by atoms with Crippen LogP contribution >= 0.6 is 0 Å². The van der Waals surface area contributed by atoms with Gasteiger partial charge >= 0.3 is 6.09 Å². The Bertz CT molecular complexity index is 1690. The highest BCUT2D eigenvalue weighted by Gasteiger charge is 2.26. The van der Waals surface area contributed by atoms with E-state index < -0.39 is 16.1 Å². The Balaban J connectivity index is 1.72. The van der Waals surface area contributed by atoms with Crippen LogP contribution in [0.25, 0.3) is 22.3 Å². The molecule has 224 valence electrons. The van der Waals surface area contributed by atoms with E-state index in [1.54, 1.807) is 6.07 Å². The van der Waals surface area contributed by atoms with Crippen molar-refractivity contribution < 1.29 is 17.9 Å². The number of benzene rings is 2. The number of rotatable bonds is 11. The molecule has 4 rings (SSSR count). The van der Waals surface area contributed by atoms with Gasteiger partial charge in [0.05, 0.1) is 18.0 Å². The molecular formula is C33H42N4O4S. The number of imidazole rings is 1. The highest BCUT2D eigenvalue weighted by Crippen LogP contribution is 2.35. The molecule has 0 aliphatic rings. The van der Waals surface area contributed by atoms with Crippen molar-refractivity contribution in [2.45, 2.75) is 91.0 Å². The fourth-order valence-electron chi connectivity index (χ4n) is 4.98. The van der Waals surface area contributed by atoms with Gasteiger partial charge in [-0.15, -0.1) is 0 Å². The van der Waals surface area contributed by atoms with E-state index in [9.17, 15) is 13.2 Å². The molecule has 0 aliphatic carbocycles. The Labute approximate surface area is 249 Å². The Morgan fingerprint density at radius 1 is 1.00 bits per heavy atom. The number of aromatic nitrogens is 3. The number of hydrogen-bond donors (Lipinski definition) is 1. The Morgan fingerprint density at radius 2 is 1.71 bits per heavy atom. The van der Waals surface area contributed by atoms with Crippen molar-refractivity contribution in [1.82, 2.24) is 19.3 Å². The molecule has 2 heterocycles. The fourth-order valence-corrected chi connectivity index (χ4v) is 6.08. The van der Waals surface area contributed by atoms with E-state index in [0.717, 1.165) is 64.2 Å². The lowest BCUT2D eigenvalue weighted by Gasteiger charge is -2.25. The van der Waals surface area contributed by atoms with Gasteiger partial charge in [-0.2, -0.15) is 0 Å². The zero-order chi connectivity index (χ0) is 30.7. The SMILES string of the molecule is CCCCOC(=O)NS(=O)(=O)c1ccc(C(C)(C)CC)cc1-c1ccc(Cn2c(CC)nc3c(C)cc(C)nc32)cc1. The van der Waals surface area contributed by atoms with E-state index in [1.807, 2.05) is 56.3 Å². The smallest absolute Gasteiger partial charge is 0.421 e. The zero-order valence-corrected chi connectivity index (χ0v) is 26.6. The summed E-state index contributed by atoms with van der Waals surface area (Å²) in [5.41, 5.74) is 7.01. The molecule has 0 aliphatic heterocycles. The van der Waals surface area contributed by atoms with Crippen LogP contribution in [0.5, 0.6) is 0 Å². The molecule has 42 heavy (non-hydrogen) atoms. The van der Waals surface area contributed by atoms with Crippen molar-refractivity contribution in [2.24, 2.45) is 0 Å². The summed E-state index contributed by atoms with van der Waals surface area (Å²) < 4.78 is 36.1. The number of nitrogens with one attached hydrogen (secondary N) is 1. The van der Waals surface area contributed by atoms with E-state index in [4.69, 9.17) is 14.7 Å². The lowest BCUT2D eigenvalue weighted by Crippen LogP contribution is -2.32. The lowest BCUT2D eigenvalue weighted by atomic mass is 9.81. The molecule has 0 fully saturated rings. The summed E-state index contributed by atoms with van der Waals surface area (Å²) in [5.74, 6) is 0.968. The molecule has 0 atom stereocenters. The minimum atomic E-state index is -4.18. The van der Waals surface area contributed by atoms with Crippen molar-refractivity contribution >= 4 is 27.3 Å². The second-order valence-electron chi connectivity index (χ2n) is 11.5. The molecule has 0 radical (unpaired) electrons.